The zero-order chi connectivity index (χ0) is 12.1. The molecule has 0 radical (unpaired) electrons. The number of esters is 1. The Morgan fingerprint density at radius 2 is 2.31 bits per heavy atom. The summed E-state index contributed by atoms with van der Waals surface area (Å²) in [5.41, 5.74) is 0.512. The molecule has 0 heterocycles. The second-order valence-corrected chi connectivity index (χ2v) is 3.55. The second kappa shape index (κ2) is 5.82. The lowest BCUT2D eigenvalue weighted by atomic mass is 10.1. The topological polar surface area (TPSA) is 46.5 Å². The van der Waals surface area contributed by atoms with Crippen LogP contribution >= 0.6 is 11.6 Å². The van der Waals surface area contributed by atoms with Crippen molar-refractivity contribution in [1.82, 2.24) is 0 Å². The first-order chi connectivity index (χ1) is 7.60. The summed E-state index contributed by atoms with van der Waals surface area (Å²) in [6.07, 6.45) is -1.47. The number of rotatable bonds is 4. The van der Waals surface area contributed by atoms with E-state index in [4.69, 9.17) is 11.6 Å². The minimum absolute atomic E-state index is 0.162. The molecule has 5 heteroatoms. The Morgan fingerprint density at radius 3 is 2.88 bits per heavy atom. The first-order valence-electron chi connectivity index (χ1n) is 4.79. The average Bonchev–Trinajstić information content (AvgIpc) is 2.29. The molecule has 0 amide bonds. The summed E-state index contributed by atoms with van der Waals surface area (Å²) in [5.74, 6) is -0.791. The minimum atomic E-state index is -1.47. The van der Waals surface area contributed by atoms with Crippen LogP contribution in [0.15, 0.2) is 18.2 Å². The van der Waals surface area contributed by atoms with Crippen LogP contribution in [0.5, 0.6) is 0 Å². The summed E-state index contributed by atoms with van der Waals surface area (Å²) in [7, 11) is 0. The van der Waals surface area contributed by atoms with Crippen LogP contribution in [0.25, 0.3) is 0 Å². The Bertz CT molecular complexity index is 381. The number of aliphatic hydroxyl groups excluding tert-OH is 1. The molecule has 0 saturated heterocycles. The summed E-state index contributed by atoms with van der Waals surface area (Å²) in [6, 6.07) is 4.28. The lowest BCUT2D eigenvalue weighted by Gasteiger charge is -2.12. The van der Waals surface area contributed by atoms with Crippen LogP contribution in [0.1, 0.15) is 24.2 Å². The zero-order valence-corrected chi connectivity index (χ0v) is 9.50. The van der Waals surface area contributed by atoms with Gasteiger partial charge in [-0.3, -0.25) is 0 Å². The molecule has 1 aromatic rings. The van der Waals surface area contributed by atoms with Crippen molar-refractivity contribution in [3.8, 4) is 0 Å². The Morgan fingerprint density at radius 1 is 1.62 bits per heavy atom. The number of aliphatic hydroxyl groups is 1. The van der Waals surface area contributed by atoms with Crippen molar-refractivity contribution in [2.45, 2.75) is 19.7 Å². The van der Waals surface area contributed by atoms with Gasteiger partial charge in [-0.1, -0.05) is 17.7 Å². The fraction of sp³-hybridized carbons (Fsp3) is 0.364. The number of benzene rings is 1. The maximum Gasteiger partial charge on any atom is 0.339 e. The molecule has 0 spiro atoms. The Balaban J connectivity index is 2.97. The standard InChI is InChI=1S/C11H12ClFO3/c1-2-16-11(15)10(14)8-5-7(6-13)3-4-9(8)12/h3-5,10,14H,2,6H2,1H3. The van der Waals surface area contributed by atoms with E-state index < -0.39 is 18.7 Å². The summed E-state index contributed by atoms with van der Waals surface area (Å²) in [4.78, 5) is 11.3. The van der Waals surface area contributed by atoms with Crippen molar-refractivity contribution >= 4 is 17.6 Å². The van der Waals surface area contributed by atoms with Crippen molar-refractivity contribution in [2.24, 2.45) is 0 Å². The van der Waals surface area contributed by atoms with E-state index in [0.29, 0.717) is 5.56 Å². The number of halogens is 2. The molecule has 16 heavy (non-hydrogen) atoms. The molecule has 3 nitrogen and oxygen atoms in total. The van der Waals surface area contributed by atoms with Crippen LogP contribution in [0.2, 0.25) is 5.02 Å². The molecule has 0 fully saturated rings. The zero-order valence-electron chi connectivity index (χ0n) is 8.74. The molecule has 0 aliphatic carbocycles. The van der Waals surface area contributed by atoms with Crippen molar-refractivity contribution in [1.29, 1.82) is 0 Å². The highest BCUT2D eigenvalue weighted by atomic mass is 35.5. The highest BCUT2D eigenvalue weighted by Gasteiger charge is 2.21. The molecule has 0 aliphatic heterocycles. The predicted octanol–water partition coefficient (Wildman–Crippen LogP) is 2.41. The summed E-state index contributed by atoms with van der Waals surface area (Å²) in [5, 5.41) is 9.85. The highest BCUT2D eigenvalue weighted by Crippen LogP contribution is 2.25. The molecule has 0 aromatic heterocycles. The molecular weight excluding hydrogens is 235 g/mol. The molecule has 88 valence electrons. The second-order valence-electron chi connectivity index (χ2n) is 3.14. The summed E-state index contributed by atoms with van der Waals surface area (Å²) in [6.45, 7) is 1.11. The normalized spacial score (nSPS) is 12.2. The van der Waals surface area contributed by atoms with Gasteiger partial charge in [-0.2, -0.15) is 0 Å². The number of carbonyl (C=O) groups is 1. The van der Waals surface area contributed by atoms with E-state index in [1.54, 1.807) is 6.92 Å². The fourth-order valence-corrected chi connectivity index (χ4v) is 1.45. The van der Waals surface area contributed by atoms with Crippen LogP contribution in [0.3, 0.4) is 0 Å². The SMILES string of the molecule is CCOC(=O)C(O)c1cc(CF)ccc1Cl. The van der Waals surface area contributed by atoms with Gasteiger partial charge in [0.25, 0.3) is 0 Å². The lowest BCUT2D eigenvalue weighted by molar-refractivity contribution is -0.153. The van der Waals surface area contributed by atoms with E-state index in [1.807, 2.05) is 0 Å². The van der Waals surface area contributed by atoms with Gasteiger partial charge < -0.3 is 9.84 Å². The Hall–Kier alpha value is -1.13. The van der Waals surface area contributed by atoms with E-state index in [2.05, 4.69) is 4.74 Å². The van der Waals surface area contributed by atoms with Crippen LogP contribution in [0, 0.1) is 0 Å². The quantitative estimate of drug-likeness (QED) is 0.830. The number of hydrogen-bond donors (Lipinski definition) is 1. The van der Waals surface area contributed by atoms with Crippen molar-refractivity contribution < 1.29 is 19.0 Å². The number of hydrogen-bond acceptors (Lipinski definition) is 3. The minimum Gasteiger partial charge on any atom is -0.464 e. The number of alkyl halides is 1. The third-order valence-electron chi connectivity index (χ3n) is 2.02. The molecule has 1 rings (SSSR count). The van der Waals surface area contributed by atoms with Crippen molar-refractivity contribution in [2.75, 3.05) is 6.61 Å². The van der Waals surface area contributed by atoms with Crippen LogP contribution in [-0.4, -0.2) is 17.7 Å². The lowest BCUT2D eigenvalue weighted by Crippen LogP contribution is -2.16. The van der Waals surface area contributed by atoms with Crippen molar-refractivity contribution in [3.63, 3.8) is 0 Å². The van der Waals surface area contributed by atoms with Crippen molar-refractivity contribution in [3.05, 3.63) is 34.3 Å². The van der Waals surface area contributed by atoms with Crippen LogP contribution in [0.4, 0.5) is 4.39 Å². The van der Waals surface area contributed by atoms with Gasteiger partial charge in [0.1, 0.15) is 6.67 Å². The monoisotopic (exact) mass is 246 g/mol. The molecule has 1 aromatic carbocycles. The fourth-order valence-electron chi connectivity index (χ4n) is 1.23. The first kappa shape index (κ1) is 12.9. The Labute approximate surface area is 97.8 Å². The molecule has 1 atom stereocenters. The first-order valence-corrected chi connectivity index (χ1v) is 5.17. The maximum atomic E-state index is 12.4. The van der Waals surface area contributed by atoms with E-state index in [9.17, 15) is 14.3 Å². The summed E-state index contributed by atoms with van der Waals surface area (Å²) < 4.78 is 17.1. The third kappa shape index (κ3) is 2.93. The number of carbonyl (C=O) groups excluding carboxylic acids is 1. The Kier molecular flexibility index (Phi) is 4.71. The summed E-state index contributed by atoms with van der Waals surface area (Å²) >= 11 is 5.80. The van der Waals surface area contributed by atoms with Gasteiger partial charge >= 0.3 is 5.97 Å². The third-order valence-corrected chi connectivity index (χ3v) is 2.36. The maximum absolute atomic E-state index is 12.4. The highest BCUT2D eigenvalue weighted by molar-refractivity contribution is 6.31. The molecule has 1 N–H and O–H groups in total. The smallest absolute Gasteiger partial charge is 0.339 e. The van der Waals surface area contributed by atoms with Gasteiger partial charge in [0.05, 0.1) is 6.61 Å². The molecular formula is C11H12ClFO3. The average molecular weight is 247 g/mol. The molecule has 0 saturated carbocycles. The molecule has 1 unspecified atom stereocenters. The van der Waals surface area contributed by atoms with E-state index in [1.165, 1.54) is 18.2 Å². The van der Waals surface area contributed by atoms with Crippen LogP contribution in [-0.2, 0) is 16.2 Å². The van der Waals surface area contributed by atoms with Gasteiger partial charge in [0.2, 0.25) is 0 Å². The van der Waals surface area contributed by atoms with Gasteiger partial charge in [-0.25, -0.2) is 9.18 Å². The van der Waals surface area contributed by atoms with E-state index in [0.717, 1.165) is 0 Å². The molecule has 0 bridgehead atoms. The molecule has 0 aliphatic rings. The van der Waals surface area contributed by atoms with Gasteiger partial charge in [-0.05, 0) is 24.6 Å². The number of ether oxygens (including phenoxy) is 1. The van der Waals surface area contributed by atoms with E-state index >= 15 is 0 Å². The largest absolute Gasteiger partial charge is 0.464 e. The van der Waals surface area contributed by atoms with Gasteiger partial charge in [0.15, 0.2) is 6.10 Å². The van der Waals surface area contributed by atoms with Gasteiger partial charge in [0, 0.05) is 10.6 Å². The predicted molar refractivity (Wildman–Crippen MR) is 57.9 cm³/mol. The van der Waals surface area contributed by atoms with Crippen LogP contribution < -0.4 is 0 Å². The van der Waals surface area contributed by atoms with E-state index in [-0.39, 0.29) is 17.2 Å². The van der Waals surface area contributed by atoms with Gasteiger partial charge in [-0.15, -0.1) is 0 Å².